The summed E-state index contributed by atoms with van der Waals surface area (Å²) >= 11 is 0. The maximum atomic E-state index is 11.4. The summed E-state index contributed by atoms with van der Waals surface area (Å²) in [6, 6.07) is 7.67. The van der Waals surface area contributed by atoms with Gasteiger partial charge in [0.25, 0.3) is 0 Å². The van der Waals surface area contributed by atoms with Crippen molar-refractivity contribution in [2.75, 3.05) is 18.4 Å². The van der Waals surface area contributed by atoms with E-state index in [9.17, 15) is 4.79 Å². The Morgan fingerprint density at radius 3 is 2.56 bits per heavy atom. The zero-order valence-corrected chi connectivity index (χ0v) is 10.5. The van der Waals surface area contributed by atoms with Crippen LogP contribution in [0.25, 0.3) is 11.0 Å². The Morgan fingerprint density at radius 1 is 1.22 bits per heavy atom. The predicted octanol–water partition coefficient (Wildman–Crippen LogP) is 1.49. The SMILES string of the molecule is CCNC(=O)CNc1nc2ccccc2nc1C. The van der Waals surface area contributed by atoms with Crippen molar-refractivity contribution in [3.05, 3.63) is 30.0 Å². The average molecular weight is 244 g/mol. The Labute approximate surface area is 106 Å². The summed E-state index contributed by atoms with van der Waals surface area (Å²) in [6.07, 6.45) is 0. The molecule has 5 nitrogen and oxygen atoms in total. The van der Waals surface area contributed by atoms with E-state index in [1.165, 1.54) is 0 Å². The first-order chi connectivity index (χ1) is 8.70. The fourth-order valence-electron chi connectivity index (χ4n) is 1.68. The van der Waals surface area contributed by atoms with Gasteiger partial charge in [0, 0.05) is 6.54 Å². The van der Waals surface area contributed by atoms with Gasteiger partial charge in [-0.1, -0.05) is 12.1 Å². The van der Waals surface area contributed by atoms with Crippen molar-refractivity contribution in [2.45, 2.75) is 13.8 Å². The van der Waals surface area contributed by atoms with Gasteiger partial charge in [-0.25, -0.2) is 9.97 Å². The van der Waals surface area contributed by atoms with Crippen LogP contribution in [0.15, 0.2) is 24.3 Å². The molecular weight excluding hydrogens is 228 g/mol. The van der Waals surface area contributed by atoms with Gasteiger partial charge in [0.1, 0.15) is 5.82 Å². The van der Waals surface area contributed by atoms with Crippen LogP contribution < -0.4 is 10.6 Å². The van der Waals surface area contributed by atoms with E-state index in [1.54, 1.807) is 0 Å². The molecule has 1 aromatic heterocycles. The summed E-state index contributed by atoms with van der Waals surface area (Å²) in [5.74, 6) is 0.604. The highest BCUT2D eigenvalue weighted by Gasteiger charge is 2.06. The first kappa shape index (κ1) is 12.3. The van der Waals surface area contributed by atoms with E-state index in [0.717, 1.165) is 16.7 Å². The number of benzene rings is 1. The molecule has 94 valence electrons. The number of nitrogens with zero attached hydrogens (tertiary/aromatic N) is 2. The van der Waals surface area contributed by atoms with Gasteiger partial charge in [-0.15, -0.1) is 0 Å². The normalized spacial score (nSPS) is 10.3. The number of aromatic nitrogens is 2. The fourth-order valence-corrected chi connectivity index (χ4v) is 1.68. The summed E-state index contributed by atoms with van der Waals surface area (Å²) in [6.45, 7) is 4.60. The van der Waals surface area contributed by atoms with Crippen LogP contribution in [-0.2, 0) is 4.79 Å². The van der Waals surface area contributed by atoms with Crippen molar-refractivity contribution < 1.29 is 4.79 Å². The minimum absolute atomic E-state index is 0.0492. The lowest BCUT2D eigenvalue weighted by molar-refractivity contribution is -0.119. The third-order valence-electron chi connectivity index (χ3n) is 2.54. The molecule has 1 aromatic carbocycles. The van der Waals surface area contributed by atoms with Gasteiger partial charge in [0.15, 0.2) is 0 Å². The maximum Gasteiger partial charge on any atom is 0.239 e. The van der Waals surface area contributed by atoms with Crippen LogP contribution in [0.3, 0.4) is 0 Å². The van der Waals surface area contributed by atoms with Gasteiger partial charge in [0.05, 0.1) is 23.3 Å². The van der Waals surface area contributed by atoms with Crippen LogP contribution in [0.4, 0.5) is 5.82 Å². The van der Waals surface area contributed by atoms with Crippen LogP contribution in [0.5, 0.6) is 0 Å². The largest absolute Gasteiger partial charge is 0.359 e. The second-order valence-corrected chi connectivity index (χ2v) is 3.95. The van der Waals surface area contributed by atoms with Crippen LogP contribution in [0.2, 0.25) is 0 Å². The first-order valence-electron chi connectivity index (χ1n) is 5.94. The number of rotatable bonds is 4. The predicted molar refractivity (Wildman–Crippen MR) is 71.4 cm³/mol. The molecule has 0 aliphatic carbocycles. The summed E-state index contributed by atoms with van der Waals surface area (Å²) in [5.41, 5.74) is 2.47. The Bertz CT molecular complexity index is 568. The lowest BCUT2D eigenvalue weighted by atomic mass is 10.3. The number of hydrogen-bond donors (Lipinski definition) is 2. The molecule has 2 N–H and O–H groups in total. The minimum atomic E-state index is -0.0492. The molecule has 0 aliphatic rings. The minimum Gasteiger partial charge on any atom is -0.359 e. The number of carbonyl (C=O) groups is 1. The molecule has 2 aromatic rings. The first-order valence-corrected chi connectivity index (χ1v) is 5.94. The number of likely N-dealkylation sites (N-methyl/N-ethyl adjacent to an activating group) is 1. The molecule has 0 unspecified atom stereocenters. The molecule has 0 bridgehead atoms. The number of nitrogens with one attached hydrogen (secondary N) is 2. The standard InChI is InChI=1S/C13H16N4O/c1-3-14-12(18)8-15-13-9(2)16-10-6-4-5-7-11(10)17-13/h4-7H,3,8H2,1-2H3,(H,14,18)(H,15,17). The number of anilines is 1. The molecule has 0 saturated heterocycles. The highest BCUT2D eigenvalue weighted by atomic mass is 16.1. The fraction of sp³-hybridized carbons (Fsp3) is 0.308. The number of hydrogen-bond acceptors (Lipinski definition) is 4. The van der Waals surface area contributed by atoms with Crippen LogP contribution in [-0.4, -0.2) is 29.0 Å². The smallest absolute Gasteiger partial charge is 0.239 e. The highest BCUT2D eigenvalue weighted by Crippen LogP contribution is 2.15. The molecule has 0 aliphatic heterocycles. The Balaban J connectivity index is 2.17. The molecule has 5 heteroatoms. The average Bonchev–Trinajstić information content (AvgIpc) is 2.36. The molecule has 18 heavy (non-hydrogen) atoms. The summed E-state index contributed by atoms with van der Waals surface area (Å²) < 4.78 is 0. The molecule has 1 heterocycles. The maximum absolute atomic E-state index is 11.4. The zero-order valence-electron chi connectivity index (χ0n) is 10.5. The van der Waals surface area contributed by atoms with E-state index in [0.29, 0.717) is 12.4 Å². The van der Waals surface area contributed by atoms with Crippen molar-refractivity contribution in [2.24, 2.45) is 0 Å². The van der Waals surface area contributed by atoms with Gasteiger partial charge in [-0.2, -0.15) is 0 Å². The number of carbonyl (C=O) groups excluding carboxylic acids is 1. The number of para-hydroxylation sites is 2. The second kappa shape index (κ2) is 5.44. The lowest BCUT2D eigenvalue weighted by Gasteiger charge is -2.09. The molecular formula is C13H16N4O. The Morgan fingerprint density at radius 2 is 1.89 bits per heavy atom. The van der Waals surface area contributed by atoms with Crippen molar-refractivity contribution >= 4 is 22.8 Å². The molecule has 0 fully saturated rings. The van der Waals surface area contributed by atoms with E-state index in [1.807, 2.05) is 38.1 Å². The zero-order chi connectivity index (χ0) is 13.0. The molecule has 0 spiro atoms. The molecule has 2 rings (SSSR count). The molecule has 0 radical (unpaired) electrons. The summed E-state index contributed by atoms with van der Waals surface area (Å²) in [4.78, 5) is 20.3. The Hall–Kier alpha value is -2.17. The third kappa shape index (κ3) is 2.74. The summed E-state index contributed by atoms with van der Waals surface area (Å²) in [7, 11) is 0. The van der Waals surface area contributed by atoms with Crippen molar-refractivity contribution in [3.8, 4) is 0 Å². The molecule has 0 saturated carbocycles. The van der Waals surface area contributed by atoms with E-state index < -0.39 is 0 Å². The van der Waals surface area contributed by atoms with Gasteiger partial charge in [-0.3, -0.25) is 4.79 Å². The third-order valence-corrected chi connectivity index (χ3v) is 2.54. The Kier molecular flexibility index (Phi) is 3.72. The van der Waals surface area contributed by atoms with E-state index in [-0.39, 0.29) is 12.5 Å². The highest BCUT2D eigenvalue weighted by molar-refractivity contribution is 5.81. The van der Waals surface area contributed by atoms with Crippen molar-refractivity contribution in [3.63, 3.8) is 0 Å². The van der Waals surface area contributed by atoms with Gasteiger partial charge >= 0.3 is 0 Å². The van der Waals surface area contributed by atoms with E-state index >= 15 is 0 Å². The van der Waals surface area contributed by atoms with Gasteiger partial charge < -0.3 is 10.6 Å². The molecule has 1 amide bonds. The van der Waals surface area contributed by atoms with E-state index in [4.69, 9.17) is 0 Å². The van der Waals surface area contributed by atoms with Crippen LogP contribution in [0.1, 0.15) is 12.6 Å². The molecule has 0 atom stereocenters. The summed E-state index contributed by atoms with van der Waals surface area (Å²) in [5, 5.41) is 5.73. The topological polar surface area (TPSA) is 66.9 Å². The number of aryl methyl sites for hydroxylation is 1. The van der Waals surface area contributed by atoms with Crippen molar-refractivity contribution in [1.29, 1.82) is 0 Å². The lowest BCUT2D eigenvalue weighted by Crippen LogP contribution is -2.29. The van der Waals surface area contributed by atoms with Crippen molar-refractivity contribution in [1.82, 2.24) is 15.3 Å². The van der Waals surface area contributed by atoms with Crippen LogP contribution >= 0.6 is 0 Å². The number of amides is 1. The number of fused-ring (bicyclic) bond motifs is 1. The van der Waals surface area contributed by atoms with Crippen LogP contribution in [0, 0.1) is 6.92 Å². The second-order valence-electron chi connectivity index (χ2n) is 3.95. The van der Waals surface area contributed by atoms with E-state index in [2.05, 4.69) is 20.6 Å². The van der Waals surface area contributed by atoms with Gasteiger partial charge in [-0.05, 0) is 26.0 Å². The van der Waals surface area contributed by atoms with Gasteiger partial charge in [0.2, 0.25) is 5.91 Å². The monoisotopic (exact) mass is 244 g/mol. The quantitative estimate of drug-likeness (QED) is 0.855.